The Hall–Kier alpha value is -1.33. The lowest BCUT2D eigenvalue weighted by atomic mass is 9.62. The maximum atomic E-state index is 9.49. The van der Waals surface area contributed by atoms with E-state index in [1.165, 1.54) is 31.2 Å². The first kappa shape index (κ1) is 11.7. The minimum atomic E-state index is -0.225. The number of benzene rings is 1. The maximum Gasteiger partial charge on any atom is 0.0852 e. The van der Waals surface area contributed by atoms with E-state index in [-0.39, 0.29) is 5.41 Å². The van der Waals surface area contributed by atoms with Gasteiger partial charge in [0.2, 0.25) is 0 Å². The van der Waals surface area contributed by atoms with Crippen LogP contribution >= 0.6 is 0 Å². The third-order valence-electron chi connectivity index (χ3n) is 4.56. The average Bonchev–Trinajstić information content (AvgIpc) is 2.87. The Balaban J connectivity index is 1.63. The summed E-state index contributed by atoms with van der Waals surface area (Å²) in [6, 6.07) is 14.1. The first-order valence-corrected chi connectivity index (χ1v) is 7.05. The predicted octanol–water partition coefficient (Wildman–Crippen LogP) is 3.14. The van der Waals surface area contributed by atoms with Gasteiger partial charge in [0.25, 0.3) is 0 Å². The van der Waals surface area contributed by atoms with Gasteiger partial charge in [0.15, 0.2) is 0 Å². The highest BCUT2D eigenvalue weighted by atomic mass is 15.0. The van der Waals surface area contributed by atoms with Crippen LogP contribution in [0.3, 0.4) is 0 Å². The van der Waals surface area contributed by atoms with E-state index < -0.39 is 0 Å². The molecule has 1 aromatic rings. The van der Waals surface area contributed by atoms with E-state index in [2.05, 4.69) is 23.5 Å². The molecule has 0 amide bonds. The average molecular weight is 240 g/mol. The highest BCUT2D eigenvalue weighted by molar-refractivity contribution is 5.36. The molecule has 2 aliphatic carbocycles. The first-order valence-electron chi connectivity index (χ1n) is 7.05. The summed E-state index contributed by atoms with van der Waals surface area (Å²) in [7, 11) is 0. The largest absolute Gasteiger partial charge is 0.311 e. The molecular weight excluding hydrogens is 220 g/mol. The van der Waals surface area contributed by atoms with E-state index in [1.54, 1.807) is 0 Å². The van der Waals surface area contributed by atoms with Gasteiger partial charge in [0.1, 0.15) is 0 Å². The quantitative estimate of drug-likeness (QED) is 0.881. The lowest BCUT2D eigenvalue weighted by Gasteiger charge is -2.44. The second kappa shape index (κ2) is 4.74. The molecule has 18 heavy (non-hydrogen) atoms. The van der Waals surface area contributed by atoms with Crippen molar-refractivity contribution in [1.29, 1.82) is 5.26 Å². The van der Waals surface area contributed by atoms with Crippen LogP contribution in [0.25, 0.3) is 0 Å². The molecule has 2 heteroatoms. The summed E-state index contributed by atoms with van der Waals surface area (Å²) in [6.45, 7) is 0. The van der Waals surface area contributed by atoms with Crippen molar-refractivity contribution in [1.82, 2.24) is 5.32 Å². The molecule has 0 aliphatic heterocycles. The number of hydrogen-bond acceptors (Lipinski definition) is 2. The predicted molar refractivity (Wildman–Crippen MR) is 72.1 cm³/mol. The Morgan fingerprint density at radius 2 is 1.72 bits per heavy atom. The van der Waals surface area contributed by atoms with Gasteiger partial charge in [-0.3, -0.25) is 0 Å². The van der Waals surface area contributed by atoms with E-state index in [1.807, 2.05) is 18.2 Å². The number of nitrogens with one attached hydrogen (secondary N) is 1. The lowest BCUT2D eigenvalue weighted by molar-refractivity contribution is 0.209. The van der Waals surface area contributed by atoms with Gasteiger partial charge < -0.3 is 5.32 Å². The summed E-state index contributed by atoms with van der Waals surface area (Å²) in [4.78, 5) is 0. The molecule has 0 spiro atoms. The van der Waals surface area contributed by atoms with Crippen molar-refractivity contribution in [3.63, 3.8) is 0 Å². The van der Waals surface area contributed by atoms with Gasteiger partial charge in [-0.05, 0) is 31.2 Å². The van der Waals surface area contributed by atoms with Crippen LogP contribution in [0.4, 0.5) is 0 Å². The Morgan fingerprint density at radius 3 is 2.33 bits per heavy atom. The Kier molecular flexibility index (Phi) is 3.09. The molecule has 0 unspecified atom stereocenters. The lowest BCUT2D eigenvalue weighted by Crippen LogP contribution is -2.53. The zero-order valence-electron chi connectivity index (χ0n) is 10.7. The van der Waals surface area contributed by atoms with Crippen molar-refractivity contribution in [2.45, 2.75) is 56.0 Å². The van der Waals surface area contributed by atoms with E-state index in [0.717, 1.165) is 12.8 Å². The molecule has 0 aromatic heterocycles. The summed E-state index contributed by atoms with van der Waals surface area (Å²) in [6.07, 6.45) is 7.33. The minimum absolute atomic E-state index is 0.225. The van der Waals surface area contributed by atoms with Crippen LogP contribution in [0.15, 0.2) is 30.3 Å². The molecule has 1 N–H and O–H groups in total. The number of hydrogen-bond donors (Lipinski definition) is 1. The Morgan fingerprint density at radius 1 is 1.06 bits per heavy atom. The highest BCUT2D eigenvalue weighted by Crippen LogP contribution is 2.43. The zero-order valence-corrected chi connectivity index (χ0v) is 10.7. The molecule has 0 atom stereocenters. The van der Waals surface area contributed by atoms with Crippen molar-refractivity contribution in [2.75, 3.05) is 0 Å². The van der Waals surface area contributed by atoms with E-state index in [4.69, 9.17) is 0 Å². The molecule has 2 aliphatic rings. The topological polar surface area (TPSA) is 35.8 Å². The van der Waals surface area contributed by atoms with Crippen molar-refractivity contribution in [2.24, 2.45) is 0 Å². The smallest absolute Gasteiger partial charge is 0.0852 e. The van der Waals surface area contributed by atoms with Gasteiger partial charge in [-0.15, -0.1) is 0 Å². The van der Waals surface area contributed by atoms with Crippen LogP contribution in [0.1, 0.15) is 44.1 Å². The molecule has 3 rings (SSSR count). The molecule has 2 nitrogen and oxygen atoms in total. The second-order valence-corrected chi connectivity index (χ2v) is 5.81. The van der Waals surface area contributed by atoms with Gasteiger partial charge in [0, 0.05) is 12.1 Å². The summed E-state index contributed by atoms with van der Waals surface area (Å²) >= 11 is 0. The van der Waals surface area contributed by atoms with Gasteiger partial charge in [-0.2, -0.15) is 5.26 Å². The molecular formula is C16H20N2. The molecule has 0 bridgehead atoms. The van der Waals surface area contributed by atoms with Crippen molar-refractivity contribution in [3.05, 3.63) is 35.9 Å². The number of nitriles is 1. The third-order valence-corrected chi connectivity index (χ3v) is 4.56. The summed E-state index contributed by atoms with van der Waals surface area (Å²) < 4.78 is 0. The van der Waals surface area contributed by atoms with E-state index in [9.17, 15) is 5.26 Å². The van der Waals surface area contributed by atoms with Crippen LogP contribution in [0, 0.1) is 11.3 Å². The van der Waals surface area contributed by atoms with Crippen molar-refractivity contribution < 1.29 is 0 Å². The van der Waals surface area contributed by atoms with Crippen LogP contribution in [-0.4, -0.2) is 12.1 Å². The molecule has 0 saturated heterocycles. The van der Waals surface area contributed by atoms with Crippen LogP contribution in [0.5, 0.6) is 0 Å². The molecule has 2 saturated carbocycles. The van der Waals surface area contributed by atoms with Crippen molar-refractivity contribution in [3.8, 4) is 6.07 Å². The SMILES string of the molecule is N#CC1(c2ccccc2)CC(NC2CCCC2)C1. The first-order chi connectivity index (χ1) is 8.82. The summed E-state index contributed by atoms with van der Waals surface area (Å²) in [5, 5.41) is 13.2. The summed E-state index contributed by atoms with van der Waals surface area (Å²) in [5.74, 6) is 0. The van der Waals surface area contributed by atoms with Crippen LogP contribution in [-0.2, 0) is 5.41 Å². The molecule has 1 aromatic carbocycles. The molecule has 0 radical (unpaired) electrons. The van der Waals surface area contributed by atoms with Gasteiger partial charge >= 0.3 is 0 Å². The minimum Gasteiger partial charge on any atom is -0.311 e. The fourth-order valence-corrected chi connectivity index (χ4v) is 3.47. The fraction of sp³-hybridized carbons (Fsp3) is 0.562. The normalized spacial score (nSPS) is 31.8. The number of rotatable bonds is 3. The van der Waals surface area contributed by atoms with Gasteiger partial charge in [0.05, 0.1) is 11.5 Å². The molecule has 0 heterocycles. The standard InChI is InChI=1S/C16H20N2/c17-12-16(13-6-2-1-3-7-13)10-15(11-16)18-14-8-4-5-9-14/h1-3,6-7,14-15,18H,4-5,8-11H2. The van der Waals surface area contributed by atoms with Gasteiger partial charge in [-0.25, -0.2) is 0 Å². The Bertz CT molecular complexity index is 434. The highest BCUT2D eigenvalue weighted by Gasteiger charge is 2.46. The molecule has 94 valence electrons. The number of nitrogens with zero attached hydrogens (tertiary/aromatic N) is 1. The third kappa shape index (κ3) is 2.04. The second-order valence-electron chi connectivity index (χ2n) is 5.81. The maximum absolute atomic E-state index is 9.49. The monoisotopic (exact) mass is 240 g/mol. The Labute approximate surface area is 109 Å². The van der Waals surface area contributed by atoms with E-state index in [0.29, 0.717) is 12.1 Å². The van der Waals surface area contributed by atoms with Crippen LogP contribution < -0.4 is 5.32 Å². The van der Waals surface area contributed by atoms with Gasteiger partial charge in [-0.1, -0.05) is 43.2 Å². The molecule has 2 fully saturated rings. The van der Waals surface area contributed by atoms with Crippen molar-refractivity contribution >= 4 is 0 Å². The van der Waals surface area contributed by atoms with E-state index >= 15 is 0 Å². The fourth-order valence-electron chi connectivity index (χ4n) is 3.47. The summed E-state index contributed by atoms with van der Waals surface area (Å²) in [5.41, 5.74) is 0.967. The zero-order chi connectivity index (χ0) is 12.4. The van der Waals surface area contributed by atoms with Crippen LogP contribution in [0.2, 0.25) is 0 Å².